The maximum absolute atomic E-state index is 12.3. The van der Waals surface area contributed by atoms with E-state index in [4.69, 9.17) is 0 Å². The summed E-state index contributed by atoms with van der Waals surface area (Å²) >= 11 is 3.67. The summed E-state index contributed by atoms with van der Waals surface area (Å²) in [5, 5.41) is 14.5. The van der Waals surface area contributed by atoms with Crippen molar-refractivity contribution in [2.75, 3.05) is 20.6 Å². The topological polar surface area (TPSA) is 23.5 Å². The Hall–Kier alpha value is -0.810. The van der Waals surface area contributed by atoms with Gasteiger partial charge in [-0.25, -0.2) is 0 Å². The molecule has 0 radical (unpaired) electrons. The molecule has 0 saturated heterocycles. The lowest BCUT2D eigenvalue weighted by Gasteiger charge is -2.45. The van der Waals surface area contributed by atoms with E-state index in [-0.39, 0.29) is 5.92 Å². The number of rotatable bonds is 3. The van der Waals surface area contributed by atoms with Gasteiger partial charge < -0.3 is 10.0 Å². The average Bonchev–Trinajstić information content (AvgIpc) is 3.04. The number of fused-ring (bicyclic) bond motifs is 2. The monoisotopic (exact) mass is 373 g/mol. The second kappa shape index (κ2) is 7.07. The fourth-order valence-corrected chi connectivity index (χ4v) is 7.05. The van der Waals surface area contributed by atoms with Crippen LogP contribution in [0.3, 0.4) is 0 Å². The van der Waals surface area contributed by atoms with Crippen LogP contribution in [0.1, 0.15) is 42.4 Å². The van der Waals surface area contributed by atoms with Crippen LogP contribution < -0.4 is 0 Å². The Morgan fingerprint density at radius 3 is 2.76 bits per heavy atom. The number of benzene rings is 1. The predicted molar refractivity (Wildman–Crippen MR) is 107 cm³/mol. The fraction of sp³-hybridized carbons (Fsp3) is 0.524. The van der Waals surface area contributed by atoms with Crippen molar-refractivity contribution in [3.8, 4) is 0 Å². The molecule has 1 aliphatic heterocycles. The van der Waals surface area contributed by atoms with E-state index in [0.717, 1.165) is 29.8 Å². The molecule has 2 nitrogen and oxygen atoms in total. The first-order chi connectivity index (χ1) is 12.1. The minimum atomic E-state index is -0.851. The van der Waals surface area contributed by atoms with E-state index in [1.807, 2.05) is 11.8 Å². The van der Waals surface area contributed by atoms with Gasteiger partial charge in [0.05, 0.1) is 4.21 Å². The lowest BCUT2D eigenvalue weighted by atomic mass is 9.64. The Labute approximate surface area is 159 Å². The highest BCUT2D eigenvalue weighted by Crippen LogP contribution is 2.53. The summed E-state index contributed by atoms with van der Waals surface area (Å²) in [5.74, 6) is 1.78. The van der Waals surface area contributed by atoms with Crippen molar-refractivity contribution in [2.45, 2.75) is 41.2 Å². The number of hydrogen-bond acceptors (Lipinski definition) is 4. The second-order valence-electron chi connectivity index (χ2n) is 7.75. The molecule has 2 aliphatic rings. The first kappa shape index (κ1) is 17.6. The number of thiophene rings is 1. The van der Waals surface area contributed by atoms with E-state index in [0.29, 0.717) is 5.92 Å². The molecule has 0 spiro atoms. The smallest absolute Gasteiger partial charge is 0.120 e. The molecular formula is C21H27NOS2. The maximum atomic E-state index is 12.3. The molecule has 4 rings (SSSR count). The van der Waals surface area contributed by atoms with E-state index in [1.54, 1.807) is 11.3 Å². The van der Waals surface area contributed by atoms with Crippen LogP contribution in [0.15, 0.2) is 39.9 Å². The minimum Gasteiger partial charge on any atom is -0.380 e. The van der Waals surface area contributed by atoms with Gasteiger partial charge in [-0.05, 0) is 55.4 Å². The molecule has 2 aromatic rings. The van der Waals surface area contributed by atoms with Gasteiger partial charge in [-0.3, -0.25) is 0 Å². The summed E-state index contributed by atoms with van der Waals surface area (Å²) in [6, 6.07) is 10.8. The molecule has 1 aromatic heterocycles. The van der Waals surface area contributed by atoms with Gasteiger partial charge in [0.15, 0.2) is 0 Å². The molecule has 0 amide bonds. The Morgan fingerprint density at radius 2 is 1.92 bits per heavy atom. The van der Waals surface area contributed by atoms with Gasteiger partial charge in [0, 0.05) is 23.8 Å². The van der Waals surface area contributed by atoms with Crippen LogP contribution in [-0.2, 0) is 11.4 Å². The Balaban J connectivity index is 1.86. The Bertz CT molecular complexity index is 741. The van der Waals surface area contributed by atoms with E-state index in [9.17, 15) is 5.11 Å². The quantitative estimate of drug-likeness (QED) is 0.823. The zero-order valence-corrected chi connectivity index (χ0v) is 16.7. The SMILES string of the molecule is CN(C)C[C@@H]1CCCC[C@H]1[C@]1(O)c2ccccc2CSc2sccc21. The van der Waals surface area contributed by atoms with Crippen molar-refractivity contribution in [3.05, 3.63) is 52.4 Å². The zero-order valence-electron chi connectivity index (χ0n) is 15.1. The summed E-state index contributed by atoms with van der Waals surface area (Å²) < 4.78 is 1.30. The van der Waals surface area contributed by atoms with Crippen LogP contribution in [0.5, 0.6) is 0 Å². The third-order valence-electron chi connectivity index (χ3n) is 5.87. The van der Waals surface area contributed by atoms with Crippen LogP contribution in [0.25, 0.3) is 0 Å². The highest BCUT2D eigenvalue weighted by atomic mass is 32.2. The standard InChI is InChI=1S/C21H27NOS2/c1-22(2)13-15-7-3-5-9-17(15)21(23)18-10-6-4-8-16(18)14-25-20-19(21)11-12-24-20/h4,6,8,10-12,15,17,23H,3,5,7,9,13-14H2,1-2H3/t15-,17+,21-/m0/s1. The van der Waals surface area contributed by atoms with E-state index in [2.05, 4.69) is 54.7 Å². The summed E-state index contributed by atoms with van der Waals surface area (Å²) in [6.07, 6.45) is 4.85. The molecule has 4 heteroatoms. The largest absolute Gasteiger partial charge is 0.380 e. The number of hydrogen-bond donors (Lipinski definition) is 1. The van der Waals surface area contributed by atoms with Crippen molar-refractivity contribution in [2.24, 2.45) is 11.8 Å². The summed E-state index contributed by atoms with van der Waals surface area (Å²) in [6.45, 7) is 1.06. The van der Waals surface area contributed by atoms with Crippen LogP contribution in [-0.4, -0.2) is 30.6 Å². The van der Waals surface area contributed by atoms with E-state index < -0.39 is 5.60 Å². The molecule has 3 atom stereocenters. The van der Waals surface area contributed by atoms with Crippen molar-refractivity contribution in [1.29, 1.82) is 0 Å². The van der Waals surface area contributed by atoms with Gasteiger partial charge in [0.2, 0.25) is 0 Å². The minimum absolute atomic E-state index is 0.289. The molecule has 1 N–H and O–H groups in total. The Morgan fingerprint density at radius 1 is 1.12 bits per heavy atom. The van der Waals surface area contributed by atoms with Crippen LogP contribution >= 0.6 is 23.1 Å². The Kier molecular flexibility index (Phi) is 4.98. The van der Waals surface area contributed by atoms with E-state index in [1.165, 1.54) is 29.0 Å². The van der Waals surface area contributed by atoms with Crippen molar-refractivity contribution in [3.63, 3.8) is 0 Å². The molecule has 1 fully saturated rings. The van der Waals surface area contributed by atoms with Crippen molar-refractivity contribution in [1.82, 2.24) is 4.90 Å². The van der Waals surface area contributed by atoms with Gasteiger partial charge >= 0.3 is 0 Å². The van der Waals surface area contributed by atoms with Crippen LogP contribution in [0, 0.1) is 11.8 Å². The van der Waals surface area contributed by atoms with Gasteiger partial charge in [0.25, 0.3) is 0 Å². The number of aliphatic hydroxyl groups is 1. The third-order valence-corrected chi connectivity index (χ3v) is 8.16. The van der Waals surface area contributed by atoms with Crippen molar-refractivity contribution < 1.29 is 5.11 Å². The van der Waals surface area contributed by atoms with Gasteiger partial charge in [0.1, 0.15) is 5.60 Å². The predicted octanol–water partition coefficient (Wildman–Crippen LogP) is 4.96. The summed E-state index contributed by atoms with van der Waals surface area (Å²) in [4.78, 5) is 2.29. The fourth-order valence-electron chi connectivity index (χ4n) is 4.84. The van der Waals surface area contributed by atoms with E-state index >= 15 is 0 Å². The molecule has 1 saturated carbocycles. The highest BCUT2D eigenvalue weighted by Gasteiger charge is 2.48. The first-order valence-corrected chi connectivity index (χ1v) is 11.1. The molecular weight excluding hydrogens is 346 g/mol. The molecule has 0 unspecified atom stereocenters. The molecule has 1 aromatic carbocycles. The molecule has 2 heterocycles. The molecule has 0 bridgehead atoms. The third kappa shape index (κ3) is 3.08. The lowest BCUT2D eigenvalue weighted by Crippen LogP contribution is -2.45. The van der Waals surface area contributed by atoms with Crippen LogP contribution in [0.4, 0.5) is 0 Å². The van der Waals surface area contributed by atoms with Crippen molar-refractivity contribution >= 4 is 23.1 Å². The maximum Gasteiger partial charge on any atom is 0.120 e. The van der Waals surface area contributed by atoms with Gasteiger partial charge in [-0.15, -0.1) is 23.1 Å². The number of nitrogens with zero attached hydrogens (tertiary/aromatic N) is 1. The van der Waals surface area contributed by atoms with Gasteiger partial charge in [-0.2, -0.15) is 0 Å². The zero-order chi connectivity index (χ0) is 17.4. The lowest BCUT2D eigenvalue weighted by molar-refractivity contribution is -0.0359. The molecule has 1 aliphatic carbocycles. The first-order valence-electron chi connectivity index (χ1n) is 9.27. The normalized spacial score (nSPS) is 29.1. The molecule has 25 heavy (non-hydrogen) atoms. The second-order valence-corrected chi connectivity index (χ2v) is 9.91. The number of thioether (sulfide) groups is 1. The van der Waals surface area contributed by atoms with Gasteiger partial charge in [-0.1, -0.05) is 37.1 Å². The van der Waals surface area contributed by atoms with Crippen LogP contribution in [0.2, 0.25) is 0 Å². The average molecular weight is 374 g/mol. The summed E-state index contributed by atoms with van der Waals surface area (Å²) in [5.41, 5.74) is 2.75. The molecule has 134 valence electrons. The summed E-state index contributed by atoms with van der Waals surface area (Å²) in [7, 11) is 4.31. The highest BCUT2D eigenvalue weighted by molar-refractivity contribution is 8.00.